The van der Waals surface area contributed by atoms with E-state index in [0.717, 1.165) is 0 Å². The van der Waals surface area contributed by atoms with E-state index in [-0.39, 0.29) is 35.9 Å². The summed E-state index contributed by atoms with van der Waals surface area (Å²) in [7, 11) is -3.44. The average Bonchev–Trinajstić information content (AvgIpc) is 3.07. The molecule has 134 valence electrons. The molecule has 0 atom stereocenters. The monoisotopic (exact) mass is 392 g/mol. The minimum Gasteiger partial charge on any atom is -0.456 e. The number of rotatable bonds is 3. The Bertz CT molecular complexity index is 1160. The van der Waals surface area contributed by atoms with Gasteiger partial charge >= 0.3 is 5.97 Å². The summed E-state index contributed by atoms with van der Waals surface area (Å²) in [6.07, 6.45) is 6.03. The molecule has 0 radical (unpaired) electrons. The van der Waals surface area contributed by atoms with Gasteiger partial charge in [0.25, 0.3) is 15.6 Å². The first-order chi connectivity index (χ1) is 12.4. The second kappa shape index (κ2) is 6.18. The number of hydrogen-bond acceptors (Lipinski definition) is 8. The van der Waals surface area contributed by atoms with Gasteiger partial charge < -0.3 is 9.64 Å². The Morgan fingerprint density at radius 1 is 1.35 bits per heavy atom. The first kappa shape index (κ1) is 16.7. The van der Waals surface area contributed by atoms with Gasteiger partial charge in [-0.25, -0.2) is 18.2 Å². The molecule has 0 saturated heterocycles. The minimum absolute atomic E-state index is 0.113. The van der Waals surface area contributed by atoms with Crippen LogP contribution >= 0.6 is 11.3 Å². The van der Waals surface area contributed by atoms with Crippen molar-refractivity contribution >= 4 is 38.1 Å². The van der Waals surface area contributed by atoms with Gasteiger partial charge in [-0.05, 0) is 12.2 Å². The van der Waals surface area contributed by atoms with E-state index in [0.29, 0.717) is 10.7 Å². The number of fused-ring (bicyclic) bond motifs is 2. The van der Waals surface area contributed by atoms with Crippen molar-refractivity contribution in [3.8, 4) is 0 Å². The molecule has 0 fully saturated rings. The highest BCUT2D eigenvalue weighted by Crippen LogP contribution is 2.17. The van der Waals surface area contributed by atoms with Gasteiger partial charge in [-0.3, -0.25) is 9.20 Å². The number of ether oxygens (including phenoxy) is 1. The standard InChI is InChI=1S/C15H12N4O5S2/c20-13-7-11(16-15-19(13)3-5-25-15)9-24-14(21)10-1-2-12-17-26(22,23)6-4-18(12)8-10/h1-3,5,7-8H,4,6,9H2. The van der Waals surface area contributed by atoms with E-state index in [1.54, 1.807) is 16.5 Å². The lowest BCUT2D eigenvalue weighted by molar-refractivity contribution is -0.140. The molecule has 4 heterocycles. The fourth-order valence-corrected chi connectivity index (χ4v) is 4.21. The Balaban J connectivity index is 1.48. The van der Waals surface area contributed by atoms with Crippen molar-refractivity contribution in [3.05, 3.63) is 57.6 Å². The molecule has 0 aliphatic carbocycles. The van der Waals surface area contributed by atoms with Crippen LogP contribution in [0.15, 0.2) is 50.8 Å². The first-order valence-corrected chi connectivity index (χ1v) is 10.0. The van der Waals surface area contributed by atoms with Crippen LogP contribution in [-0.2, 0) is 26.2 Å². The molecule has 0 aromatic carbocycles. The van der Waals surface area contributed by atoms with E-state index < -0.39 is 16.0 Å². The number of carbonyl (C=O) groups is 1. The van der Waals surface area contributed by atoms with Crippen molar-refractivity contribution in [1.29, 1.82) is 0 Å². The van der Waals surface area contributed by atoms with Gasteiger partial charge in [-0.15, -0.1) is 15.7 Å². The van der Waals surface area contributed by atoms with Crippen molar-refractivity contribution in [2.45, 2.75) is 6.61 Å². The maximum absolute atomic E-state index is 12.2. The van der Waals surface area contributed by atoms with Gasteiger partial charge in [0.15, 0.2) is 4.96 Å². The summed E-state index contributed by atoms with van der Waals surface area (Å²) >= 11 is 1.31. The predicted octanol–water partition coefficient (Wildman–Crippen LogP) is 0.297. The number of hydrogen-bond donors (Lipinski definition) is 0. The van der Waals surface area contributed by atoms with Crippen molar-refractivity contribution in [2.24, 2.45) is 4.40 Å². The Hall–Kier alpha value is -2.79. The zero-order valence-corrected chi connectivity index (χ0v) is 14.9. The molecule has 0 saturated carbocycles. The second-order valence-corrected chi connectivity index (χ2v) is 8.19. The zero-order chi connectivity index (χ0) is 18.3. The molecule has 4 rings (SSSR count). The Morgan fingerprint density at radius 2 is 2.19 bits per heavy atom. The van der Waals surface area contributed by atoms with E-state index in [2.05, 4.69) is 9.38 Å². The number of aromatic nitrogens is 2. The van der Waals surface area contributed by atoms with Gasteiger partial charge in [0, 0.05) is 30.4 Å². The molecule has 11 heteroatoms. The fraction of sp³-hybridized carbons (Fsp3) is 0.200. The molecule has 0 N–H and O–H groups in total. The lowest BCUT2D eigenvalue weighted by Crippen LogP contribution is -2.37. The lowest BCUT2D eigenvalue weighted by atomic mass is 10.2. The van der Waals surface area contributed by atoms with Crippen molar-refractivity contribution in [2.75, 3.05) is 12.3 Å². The quantitative estimate of drug-likeness (QED) is 0.691. The van der Waals surface area contributed by atoms with Crippen LogP contribution in [-0.4, -0.2) is 46.8 Å². The highest BCUT2D eigenvalue weighted by Gasteiger charge is 2.25. The molecule has 0 amide bonds. The van der Waals surface area contributed by atoms with Gasteiger partial charge in [-0.1, -0.05) is 0 Å². The number of carbonyl (C=O) groups excluding carboxylic acids is 1. The molecular formula is C15H12N4O5S2. The van der Waals surface area contributed by atoms with Crippen LogP contribution in [0.2, 0.25) is 0 Å². The van der Waals surface area contributed by atoms with Crippen molar-refractivity contribution in [3.63, 3.8) is 0 Å². The van der Waals surface area contributed by atoms with E-state index >= 15 is 0 Å². The van der Waals surface area contributed by atoms with Gasteiger partial charge in [0.05, 0.1) is 17.0 Å². The molecule has 26 heavy (non-hydrogen) atoms. The van der Waals surface area contributed by atoms with Crippen molar-refractivity contribution in [1.82, 2.24) is 14.3 Å². The van der Waals surface area contributed by atoms with Crippen LogP contribution in [0.1, 0.15) is 5.69 Å². The third-order valence-electron chi connectivity index (χ3n) is 3.77. The Morgan fingerprint density at radius 3 is 3.04 bits per heavy atom. The highest BCUT2D eigenvalue weighted by molar-refractivity contribution is 7.90. The van der Waals surface area contributed by atoms with E-state index in [1.165, 1.54) is 40.2 Å². The Kier molecular flexibility index (Phi) is 3.96. The number of nitrogens with zero attached hydrogens (tertiary/aromatic N) is 4. The molecule has 2 aliphatic heterocycles. The lowest BCUT2D eigenvalue weighted by Gasteiger charge is -2.26. The third kappa shape index (κ3) is 3.18. The topological polar surface area (TPSA) is 110 Å². The smallest absolute Gasteiger partial charge is 0.340 e. The van der Waals surface area contributed by atoms with Gasteiger partial charge in [0.1, 0.15) is 12.4 Å². The molecule has 2 aromatic heterocycles. The maximum atomic E-state index is 12.2. The summed E-state index contributed by atoms with van der Waals surface area (Å²) in [4.78, 5) is 30.5. The largest absolute Gasteiger partial charge is 0.456 e. The summed E-state index contributed by atoms with van der Waals surface area (Å²) in [5, 5.41) is 1.75. The SMILES string of the molecule is O=C(OCc1cc(=O)n2ccsc2n1)C1=CN2CCS(=O)(=O)N=C2C=C1. The summed E-state index contributed by atoms with van der Waals surface area (Å²) in [6.45, 7) is 0.0820. The van der Waals surface area contributed by atoms with Crippen LogP contribution in [0.5, 0.6) is 0 Å². The van der Waals surface area contributed by atoms with Crippen LogP contribution < -0.4 is 5.56 Å². The molecular weight excluding hydrogens is 380 g/mol. The van der Waals surface area contributed by atoms with Crippen LogP contribution in [0, 0.1) is 0 Å². The van der Waals surface area contributed by atoms with E-state index in [4.69, 9.17) is 4.74 Å². The summed E-state index contributed by atoms with van der Waals surface area (Å²) < 4.78 is 33.2. The molecule has 9 nitrogen and oxygen atoms in total. The molecule has 2 aliphatic rings. The summed E-state index contributed by atoms with van der Waals surface area (Å²) in [6, 6.07) is 1.32. The van der Waals surface area contributed by atoms with Gasteiger partial charge in [0.2, 0.25) is 0 Å². The summed E-state index contributed by atoms with van der Waals surface area (Å²) in [5.74, 6) is -0.440. The molecule has 0 spiro atoms. The predicted molar refractivity (Wildman–Crippen MR) is 94.3 cm³/mol. The van der Waals surface area contributed by atoms with E-state index in [1.807, 2.05) is 0 Å². The summed E-state index contributed by atoms with van der Waals surface area (Å²) in [5.41, 5.74) is 0.379. The van der Waals surface area contributed by atoms with Crippen LogP contribution in [0.3, 0.4) is 0 Å². The first-order valence-electron chi connectivity index (χ1n) is 7.53. The van der Waals surface area contributed by atoms with Crippen LogP contribution in [0.4, 0.5) is 0 Å². The normalized spacial score (nSPS) is 18.2. The number of sulfonamides is 1. The highest BCUT2D eigenvalue weighted by atomic mass is 32.2. The van der Waals surface area contributed by atoms with Gasteiger partial charge in [-0.2, -0.15) is 0 Å². The average molecular weight is 392 g/mol. The van der Waals surface area contributed by atoms with Crippen LogP contribution in [0.25, 0.3) is 4.96 Å². The number of thiazole rings is 1. The molecule has 0 bridgehead atoms. The zero-order valence-electron chi connectivity index (χ0n) is 13.2. The van der Waals surface area contributed by atoms with E-state index in [9.17, 15) is 18.0 Å². The molecule has 2 aromatic rings. The number of amidine groups is 1. The fourth-order valence-electron chi connectivity index (χ4n) is 2.51. The van der Waals surface area contributed by atoms with Crippen molar-refractivity contribution < 1.29 is 17.9 Å². The number of esters is 1. The minimum atomic E-state index is -3.44. The second-order valence-electron chi connectivity index (χ2n) is 5.56. The third-order valence-corrected chi connectivity index (χ3v) is 5.69. The molecule has 0 unspecified atom stereocenters. The maximum Gasteiger partial charge on any atom is 0.340 e. The Labute approximate surface area is 151 Å².